The first-order valence-electron chi connectivity index (χ1n) is 5.92. The first-order valence-corrected chi connectivity index (χ1v) is 7.53. The summed E-state index contributed by atoms with van der Waals surface area (Å²) in [4.78, 5) is 22.6. The number of ether oxygens (including phenoxy) is 2. The number of amides is 1. The van der Waals surface area contributed by atoms with E-state index in [4.69, 9.17) is 20.0 Å². The summed E-state index contributed by atoms with van der Waals surface area (Å²) in [6, 6.07) is 3.28. The fourth-order valence-corrected chi connectivity index (χ4v) is 2.97. The molecule has 1 aliphatic rings. The molecule has 2 rings (SSSR count). The monoisotopic (exact) mass is 386 g/mol. The van der Waals surface area contributed by atoms with Crippen molar-refractivity contribution in [3.8, 4) is 11.5 Å². The van der Waals surface area contributed by atoms with Gasteiger partial charge in [-0.05, 0) is 51.5 Å². The number of carbonyl (C=O) groups is 2. The van der Waals surface area contributed by atoms with Crippen molar-refractivity contribution >= 4 is 50.8 Å². The zero-order valence-corrected chi connectivity index (χ0v) is 13.7. The molecule has 0 spiro atoms. The molecule has 22 heavy (non-hydrogen) atoms. The van der Waals surface area contributed by atoms with E-state index >= 15 is 0 Å². The molecule has 0 bridgehead atoms. The van der Waals surface area contributed by atoms with E-state index in [1.165, 1.54) is 7.11 Å². The molecule has 0 atom stereocenters. The summed E-state index contributed by atoms with van der Waals surface area (Å²) in [5.41, 5.74) is 0.652. The normalized spacial score (nSPS) is 15.8. The van der Waals surface area contributed by atoms with E-state index in [0.717, 1.165) is 11.8 Å². The van der Waals surface area contributed by atoms with Crippen molar-refractivity contribution in [3.05, 3.63) is 27.1 Å². The van der Waals surface area contributed by atoms with Crippen molar-refractivity contribution in [1.29, 1.82) is 5.41 Å². The summed E-state index contributed by atoms with van der Waals surface area (Å²) >= 11 is 4.31. The highest BCUT2D eigenvalue weighted by Crippen LogP contribution is 2.38. The first kappa shape index (κ1) is 16.4. The SMILES string of the molecule is COc1cc(/C=C2/SC(=N)NC2=O)cc(Br)c1OCC(=O)O. The number of rotatable bonds is 5. The lowest BCUT2D eigenvalue weighted by molar-refractivity contribution is -0.139. The maximum atomic E-state index is 11.6. The molecule has 9 heteroatoms. The van der Waals surface area contributed by atoms with Gasteiger partial charge < -0.3 is 19.9 Å². The lowest BCUT2D eigenvalue weighted by atomic mass is 10.2. The molecule has 0 saturated carbocycles. The molecule has 1 aromatic carbocycles. The molecule has 1 fully saturated rings. The predicted molar refractivity (Wildman–Crippen MR) is 85.3 cm³/mol. The maximum absolute atomic E-state index is 11.6. The van der Waals surface area contributed by atoms with Gasteiger partial charge in [0.2, 0.25) is 0 Å². The van der Waals surface area contributed by atoms with Crippen LogP contribution in [-0.2, 0) is 9.59 Å². The average Bonchev–Trinajstić information content (AvgIpc) is 2.74. The van der Waals surface area contributed by atoms with E-state index in [1.54, 1.807) is 18.2 Å². The van der Waals surface area contributed by atoms with Crippen LogP contribution in [0.2, 0.25) is 0 Å². The third-order valence-corrected chi connectivity index (χ3v) is 3.97. The summed E-state index contributed by atoms with van der Waals surface area (Å²) in [6.07, 6.45) is 1.61. The molecule has 0 radical (unpaired) electrons. The third-order valence-electron chi connectivity index (χ3n) is 2.55. The molecule has 1 aliphatic heterocycles. The Hall–Kier alpha value is -2.00. The Balaban J connectivity index is 2.33. The van der Waals surface area contributed by atoms with E-state index in [9.17, 15) is 9.59 Å². The van der Waals surface area contributed by atoms with Gasteiger partial charge in [-0.25, -0.2) is 4.79 Å². The molecule has 0 unspecified atom stereocenters. The molecule has 116 valence electrons. The minimum Gasteiger partial charge on any atom is -0.493 e. The molecular formula is C13H11BrN2O5S. The molecule has 0 aromatic heterocycles. The minimum atomic E-state index is -1.10. The van der Waals surface area contributed by atoms with Crippen LogP contribution in [0.4, 0.5) is 0 Å². The molecule has 1 saturated heterocycles. The van der Waals surface area contributed by atoms with Gasteiger partial charge in [0.25, 0.3) is 5.91 Å². The van der Waals surface area contributed by atoms with Crippen molar-refractivity contribution in [2.45, 2.75) is 0 Å². The average molecular weight is 387 g/mol. The molecule has 1 heterocycles. The summed E-state index contributed by atoms with van der Waals surface area (Å²) in [5.74, 6) is -0.835. The molecule has 3 N–H and O–H groups in total. The number of halogens is 1. The quantitative estimate of drug-likeness (QED) is 0.668. The van der Waals surface area contributed by atoms with Crippen LogP contribution in [0, 0.1) is 5.41 Å². The van der Waals surface area contributed by atoms with Crippen LogP contribution in [0.25, 0.3) is 6.08 Å². The number of carbonyl (C=O) groups excluding carboxylic acids is 1. The smallest absolute Gasteiger partial charge is 0.341 e. The van der Waals surface area contributed by atoms with E-state index in [2.05, 4.69) is 21.2 Å². The van der Waals surface area contributed by atoms with Crippen molar-refractivity contribution in [1.82, 2.24) is 5.32 Å². The van der Waals surface area contributed by atoms with E-state index in [0.29, 0.717) is 20.7 Å². The number of benzene rings is 1. The van der Waals surface area contributed by atoms with Gasteiger partial charge in [0, 0.05) is 0 Å². The van der Waals surface area contributed by atoms with Crippen molar-refractivity contribution in [2.24, 2.45) is 0 Å². The first-order chi connectivity index (χ1) is 10.4. The Morgan fingerprint density at radius 2 is 2.27 bits per heavy atom. The van der Waals surface area contributed by atoms with Gasteiger partial charge in [-0.1, -0.05) is 0 Å². The minimum absolute atomic E-state index is 0.0729. The highest BCUT2D eigenvalue weighted by atomic mass is 79.9. The summed E-state index contributed by atoms with van der Waals surface area (Å²) in [5, 5.41) is 18.5. The van der Waals surface area contributed by atoms with Crippen LogP contribution in [0.15, 0.2) is 21.5 Å². The van der Waals surface area contributed by atoms with Gasteiger partial charge in [0.05, 0.1) is 16.5 Å². The van der Waals surface area contributed by atoms with Crippen LogP contribution in [-0.4, -0.2) is 35.9 Å². The van der Waals surface area contributed by atoms with E-state index < -0.39 is 12.6 Å². The second-order valence-corrected chi connectivity index (χ2v) is 6.02. The molecular weight excluding hydrogens is 376 g/mol. The number of thioether (sulfide) groups is 1. The fraction of sp³-hybridized carbons (Fsp3) is 0.154. The zero-order valence-electron chi connectivity index (χ0n) is 11.3. The summed E-state index contributed by atoms with van der Waals surface area (Å²) < 4.78 is 10.9. The van der Waals surface area contributed by atoms with Gasteiger partial charge in [0.1, 0.15) is 0 Å². The highest BCUT2D eigenvalue weighted by Gasteiger charge is 2.22. The van der Waals surface area contributed by atoms with E-state index in [1.807, 2.05) is 0 Å². The maximum Gasteiger partial charge on any atom is 0.341 e. The number of carboxylic acids is 1. The van der Waals surface area contributed by atoms with Gasteiger partial charge in [-0.15, -0.1) is 0 Å². The number of methoxy groups -OCH3 is 1. The summed E-state index contributed by atoms with van der Waals surface area (Å²) in [6.45, 7) is -0.495. The Labute approximate surface area is 138 Å². The van der Waals surface area contributed by atoms with Crippen LogP contribution in [0.3, 0.4) is 0 Å². The van der Waals surface area contributed by atoms with Gasteiger partial charge in [-0.3, -0.25) is 10.2 Å². The number of hydrogen-bond acceptors (Lipinski definition) is 6. The van der Waals surface area contributed by atoms with Gasteiger partial charge in [-0.2, -0.15) is 0 Å². The lowest BCUT2D eigenvalue weighted by Gasteiger charge is -2.12. The Morgan fingerprint density at radius 1 is 1.55 bits per heavy atom. The molecule has 1 amide bonds. The van der Waals surface area contributed by atoms with Crippen molar-refractivity contribution in [3.63, 3.8) is 0 Å². The largest absolute Gasteiger partial charge is 0.493 e. The number of carboxylic acid groups (broad SMARTS) is 1. The van der Waals surface area contributed by atoms with E-state index in [-0.39, 0.29) is 16.8 Å². The number of hydrogen-bond donors (Lipinski definition) is 3. The molecule has 1 aromatic rings. The molecule has 7 nitrogen and oxygen atoms in total. The lowest BCUT2D eigenvalue weighted by Crippen LogP contribution is -2.18. The van der Waals surface area contributed by atoms with Crippen molar-refractivity contribution in [2.75, 3.05) is 13.7 Å². The Kier molecular flexibility index (Phi) is 5.09. The second kappa shape index (κ2) is 6.84. The van der Waals surface area contributed by atoms with Crippen LogP contribution < -0.4 is 14.8 Å². The van der Waals surface area contributed by atoms with Crippen molar-refractivity contribution < 1.29 is 24.2 Å². The van der Waals surface area contributed by atoms with Gasteiger partial charge in [0.15, 0.2) is 23.3 Å². The van der Waals surface area contributed by atoms with Crippen LogP contribution in [0.1, 0.15) is 5.56 Å². The summed E-state index contributed by atoms with van der Waals surface area (Å²) in [7, 11) is 1.43. The predicted octanol–water partition coefficient (Wildman–Crippen LogP) is 2.06. The Bertz CT molecular complexity index is 689. The standard InChI is InChI=1S/C13H11BrN2O5S/c1-20-8-3-6(4-9-12(19)16-13(15)22-9)2-7(14)11(8)21-5-10(17)18/h2-4H,5H2,1H3,(H,17,18)(H2,15,16,19)/b9-4+. The fourth-order valence-electron chi connectivity index (χ4n) is 1.69. The molecule has 0 aliphatic carbocycles. The van der Waals surface area contributed by atoms with Crippen LogP contribution in [0.5, 0.6) is 11.5 Å². The Morgan fingerprint density at radius 3 is 2.82 bits per heavy atom. The highest BCUT2D eigenvalue weighted by molar-refractivity contribution is 9.10. The van der Waals surface area contributed by atoms with Crippen LogP contribution >= 0.6 is 27.7 Å². The number of amidine groups is 1. The second-order valence-electron chi connectivity index (χ2n) is 4.11. The topological polar surface area (TPSA) is 109 Å². The zero-order chi connectivity index (χ0) is 16.3. The number of nitrogens with one attached hydrogen (secondary N) is 2. The number of aliphatic carboxylic acids is 1. The third kappa shape index (κ3) is 3.80. The van der Waals surface area contributed by atoms with Gasteiger partial charge >= 0.3 is 5.97 Å².